The van der Waals surface area contributed by atoms with Gasteiger partial charge in [0.15, 0.2) is 0 Å². The summed E-state index contributed by atoms with van der Waals surface area (Å²) in [5.74, 6) is 0.509. The number of ether oxygens (including phenoxy) is 1. The molecule has 0 heterocycles. The molecule has 1 rings (SSSR count). The van der Waals surface area contributed by atoms with Gasteiger partial charge in [-0.25, -0.2) is 0 Å². The van der Waals surface area contributed by atoms with Crippen molar-refractivity contribution >= 4 is 34.5 Å². The molecule has 0 atom stereocenters. The van der Waals surface area contributed by atoms with Gasteiger partial charge in [-0.05, 0) is 35.9 Å². The van der Waals surface area contributed by atoms with Crippen LogP contribution in [0.2, 0.25) is 5.02 Å². The topological polar surface area (TPSA) is 50.1 Å². The summed E-state index contributed by atoms with van der Waals surface area (Å²) in [5, 5.41) is 8.36. The molecule has 16 heavy (non-hydrogen) atoms. The Labute approximate surface area is 103 Å². The molecule has 0 saturated heterocycles. The van der Waals surface area contributed by atoms with Gasteiger partial charge in [0.1, 0.15) is 17.4 Å². The van der Waals surface area contributed by atoms with E-state index in [-0.39, 0.29) is 5.57 Å². The third-order valence-electron chi connectivity index (χ3n) is 1.82. The Morgan fingerprint density at radius 3 is 2.75 bits per heavy atom. The quantitative estimate of drug-likeness (QED) is 0.474. The maximum Gasteiger partial charge on any atom is 0.262 e. The second kappa shape index (κ2) is 5.55. The molecule has 0 spiro atoms. The number of nitrogens with zero attached hydrogens (tertiary/aromatic N) is 1. The van der Waals surface area contributed by atoms with Crippen molar-refractivity contribution < 1.29 is 9.53 Å². The van der Waals surface area contributed by atoms with Crippen LogP contribution in [-0.2, 0) is 4.79 Å². The van der Waals surface area contributed by atoms with Gasteiger partial charge in [-0.2, -0.15) is 5.26 Å². The number of nitriles is 1. The number of carbonyl (C=O) groups is 1. The van der Waals surface area contributed by atoms with Crippen LogP contribution in [0, 0.1) is 11.3 Å². The fourth-order valence-corrected chi connectivity index (χ4v) is 1.38. The number of benzene rings is 1. The fraction of sp³-hybridized carbons (Fsp3) is 0.0909. The van der Waals surface area contributed by atoms with Gasteiger partial charge in [0.05, 0.1) is 7.11 Å². The number of allylic oxidation sites excluding steroid dienone is 1. The first kappa shape index (κ1) is 12.6. The van der Waals surface area contributed by atoms with Crippen LogP contribution >= 0.6 is 23.2 Å². The van der Waals surface area contributed by atoms with Gasteiger partial charge in [0, 0.05) is 10.6 Å². The highest BCUT2D eigenvalue weighted by molar-refractivity contribution is 6.68. The zero-order valence-electron chi connectivity index (χ0n) is 8.33. The summed E-state index contributed by atoms with van der Waals surface area (Å²) in [7, 11) is 1.48. The molecule has 0 amide bonds. The summed E-state index contributed by atoms with van der Waals surface area (Å²) in [6.07, 6.45) is 1.33. The lowest BCUT2D eigenvalue weighted by Gasteiger charge is -2.04. The molecule has 0 unspecified atom stereocenters. The molecule has 82 valence electrons. The van der Waals surface area contributed by atoms with Gasteiger partial charge >= 0.3 is 0 Å². The minimum atomic E-state index is -0.815. The Kier molecular flexibility index (Phi) is 4.36. The van der Waals surface area contributed by atoms with Crippen LogP contribution < -0.4 is 4.74 Å². The minimum Gasteiger partial charge on any atom is -0.496 e. The summed E-state index contributed by atoms with van der Waals surface area (Å²) in [6, 6.07) is 6.57. The third-order valence-corrected chi connectivity index (χ3v) is 2.26. The van der Waals surface area contributed by atoms with Crippen LogP contribution in [0.1, 0.15) is 5.56 Å². The summed E-state index contributed by atoms with van der Waals surface area (Å²) in [6.45, 7) is 0. The van der Waals surface area contributed by atoms with Crippen molar-refractivity contribution in [3.05, 3.63) is 34.4 Å². The number of methoxy groups -OCH3 is 1. The van der Waals surface area contributed by atoms with Crippen LogP contribution in [0.25, 0.3) is 6.08 Å². The molecule has 0 saturated carbocycles. The van der Waals surface area contributed by atoms with E-state index in [1.807, 2.05) is 0 Å². The van der Waals surface area contributed by atoms with Crippen LogP contribution in [0.5, 0.6) is 5.75 Å². The van der Waals surface area contributed by atoms with Crippen molar-refractivity contribution in [1.82, 2.24) is 0 Å². The van der Waals surface area contributed by atoms with Crippen molar-refractivity contribution in [3.63, 3.8) is 0 Å². The lowest BCUT2D eigenvalue weighted by Crippen LogP contribution is -1.92. The summed E-state index contributed by atoms with van der Waals surface area (Å²) in [4.78, 5) is 10.9. The molecule has 3 nitrogen and oxygen atoms in total. The minimum absolute atomic E-state index is 0.165. The normalized spacial score (nSPS) is 10.8. The molecule has 0 radical (unpaired) electrons. The third kappa shape index (κ3) is 2.99. The molecule has 0 aliphatic rings. The Balaban J connectivity index is 3.27. The Morgan fingerprint density at radius 2 is 2.25 bits per heavy atom. The predicted octanol–water partition coefficient (Wildman–Crippen LogP) is 3.02. The van der Waals surface area contributed by atoms with Gasteiger partial charge in [-0.3, -0.25) is 4.79 Å². The van der Waals surface area contributed by atoms with E-state index in [1.165, 1.54) is 13.2 Å². The number of rotatable bonds is 3. The number of halogens is 2. The van der Waals surface area contributed by atoms with Crippen LogP contribution in [0.4, 0.5) is 0 Å². The van der Waals surface area contributed by atoms with E-state index in [0.717, 1.165) is 0 Å². The molecule has 1 aromatic carbocycles. The van der Waals surface area contributed by atoms with Crippen molar-refractivity contribution in [3.8, 4) is 11.8 Å². The maximum atomic E-state index is 10.9. The second-order valence-electron chi connectivity index (χ2n) is 2.83. The van der Waals surface area contributed by atoms with Gasteiger partial charge in [0.2, 0.25) is 0 Å². The largest absolute Gasteiger partial charge is 0.496 e. The molecule has 0 bridgehead atoms. The number of carbonyl (C=O) groups excluding carboxylic acids is 1. The first-order valence-electron chi connectivity index (χ1n) is 4.23. The first-order chi connectivity index (χ1) is 7.58. The van der Waals surface area contributed by atoms with E-state index in [4.69, 9.17) is 33.2 Å². The van der Waals surface area contributed by atoms with Crippen LogP contribution in [0.3, 0.4) is 0 Å². The van der Waals surface area contributed by atoms with Crippen molar-refractivity contribution in [2.75, 3.05) is 7.11 Å². The van der Waals surface area contributed by atoms with Crippen molar-refractivity contribution in [1.29, 1.82) is 5.26 Å². The van der Waals surface area contributed by atoms with Crippen LogP contribution in [0.15, 0.2) is 23.8 Å². The monoisotopic (exact) mass is 255 g/mol. The van der Waals surface area contributed by atoms with Gasteiger partial charge in [-0.1, -0.05) is 11.6 Å². The number of hydrogen-bond donors (Lipinski definition) is 0. The van der Waals surface area contributed by atoms with Gasteiger partial charge < -0.3 is 4.74 Å². The molecule has 0 aliphatic carbocycles. The van der Waals surface area contributed by atoms with E-state index in [1.54, 1.807) is 24.3 Å². The van der Waals surface area contributed by atoms with Gasteiger partial charge in [-0.15, -0.1) is 0 Å². The lowest BCUT2D eigenvalue weighted by molar-refractivity contribution is -0.108. The molecule has 0 N–H and O–H groups in total. The number of hydrogen-bond acceptors (Lipinski definition) is 3. The highest BCUT2D eigenvalue weighted by Gasteiger charge is 2.08. The van der Waals surface area contributed by atoms with E-state index in [9.17, 15) is 4.79 Å². The predicted molar refractivity (Wildman–Crippen MR) is 62.5 cm³/mol. The average molecular weight is 256 g/mol. The zero-order valence-corrected chi connectivity index (χ0v) is 9.84. The molecule has 0 aromatic heterocycles. The zero-order chi connectivity index (χ0) is 12.1. The van der Waals surface area contributed by atoms with Gasteiger partial charge in [0.25, 0.3) is 5.24 Å². The standard InChI is InChI=1S/C11H7Cl2NO2/c1-16-10-3-2-9(12)5-7(10)4-8(6-14)11(13)15/h2-5H,1H3. The smallest absolute Gasteiger partial charge is 0.262 e. The summed E-state index contributed by atoms with van der Waals surface area (Å²) >= 11 is 11.0. The van der Waals surface area contributed by atoms with Crippen molar-refractivity contribution in [2.45, 2.75) is 0 Å². The molecule has 0 fully saturated rings. The SMILES string of the molecule is COc1ccc(Cl)cc1C=C(C#N)C(=O)Cl. The van der Waals surface area contributed by atoms with E-state index < -0.39 is 5.24 Å². The molecular formula is C11H7Cl2NO2. The Bertz CT molecular complexity index is 489. The second-order valence-corrected chi connectivity index (χ2v) is 3.61. The average Bonchev–Trinajstić information content (AvgIpc) is 2.25. The van der Waals surface area contributed by atoms with E-state index >= 15 is 0 Å². The Hall–Kier alpha value is -1.50. The van der Waals surface area contributed by atoms with Crippen molar-refractivity contribution in [2.24, 2.45) is 0 Å². The van der Waals surface area contributed by atoms with E-state index in [0.29, 0.717) is 16.3 Å². The molecule has 0 aliphatic heterocycles. The Morgan fingerprint density at radius 1 is 1.56 bits per heavy atom. The first-order valence-corrected chi connectivity index (χ1v) is 4.99. The maximum absolute atomic E-state index is 10.9. The highest BCUT2D eigenvalue weighted by atomic mass is 35.5. The van der Waals surface area contributed by atoms with Crippen LogP contribution in [-0.4, -0.2) is 12.4 Å². The molecule has 1 aromatic rings. The molecule has 5 heteroatoms. The lowest BCUT2D eigenvalue weighted by atomic mass is 10.1. The summed E-state index contributed by atoms with van der Waals surface area (Å²) < 4.78 is 5.06. The van der Waals surface area contributed by atoms with E-state index in [2.05, 4.69) is 0 Å². The fourth-order valence-electron chi connectivity index (χ4n) is 1.11. The highest BCUT2D eigenvalue weighted by Crippen LogP contribution is 2.25. The molecular weight excluding hydrogens is 249 g/mol. The summed E-state index contributed by atoms with van der Waals surface area (Å²) in [5.41, 5.74) is 0.364.